The highest BCUT2D eigenvalue weighted by molar-refractivity contribution is 5.77. The summed E-state index contributed by atoms with van der Waals surface area (Å²) in [6.07, 6.45) is 2.88. The summed E-state index contributed by atoms with van der Waals surface area (Å²) in [6.45, 7) is 5.43. The Bertz CT molecular complexity index is 484. The van der Waals surface area contributed by atoms with Gasteiger partial charge in [0, 0.05) is 19.7 Å². The van der Waals surface area contributed by atoms with Crippen LogP contribution in [0.3, 0.4) is 0 Å². The number of ether oxygens (including phenoxy) is 3. The van der Waals surface area contributed by atoms with Crippen LogP contribution in [0, 0.1) is 0 Å². The molecule has 0 bridgehead atoms. The number of piperidine rings is 1. The third kappa shape index (κ3) is 6.02. The van der Waals surface area contributed by atoms with Crippen LogP contribution in [0.15, 0.2) is 24.3 Å². The Kier molecular flexibility index (Phi) is 7.85. The molecule has 1 aliphatic heterocycles. The summed E-state index contributed by atoms with van der Waals surface area (Å²) in [5.74, 6) is 1.49. The summed E-state index contributed by atoms with van der Waals surface area (Å²) in [7, 11) is 0. The maximum Gasteiger partial charge on any atom is 0.260 e. The second kappa shape index (κ2) is 10.2. The average molecular weight is 336 g/mol. The van der Waals surface area contributed by atoms with E-state index in [2.05, 4.69) is 0 Å². The Morgan fingerprint density at radius 3 is 2.38 bits per heavy atom. The summed E-state index contributed by atoms with van der Waals surface area (Å²) in [5, 5.41) is 0. The van der Waals surface area contributed by atoms with Gasteiger partial charge < -0.3 is 24.8 Å². The fourth-order valence-corrected chi connectivity index (χ4v) is 2.64. The lowest BCUT2D eigenvalue weighted by molar-refractivity contribution is -0.136. The number of nitrogens with two attached hydrogens (primary N) is 1. The molecular weight excluding hydrogens is 308 g/mol. The molecule has 134 valence electrons. The summed E-state index contributed by atoms with van der Waals surface area (Å²) in [4.78, 5) is 14.1. The first-order chi connectivity index (χ1) is 11.7. The number of hydrogen-bond donors (Lipinski definition) is 1. The van der Waals surface area contributed by atoms with Gasteiger partial charge in [-0.3, -0.25) is 4.79 Å². The second-order valence-electron chi connectivity index (χ2n) is 5.79. The van der Waals surface area contributed by atoms with E-state index in [0.29, 0.717) is 25.5 Å². The maximum absolute atomic E-state index is 12.2. The molecule has 24 heavy (non-hydrogen) atoms. The third-order valence-corrected chi connectivity index (χ3v) is 3.99. The highest BCUT2D eigenvalue weighted by atomic mass is 16.5. The van der Waals surface area contributed by atoms with Gasteiger partial charge in [0.1, 0.15) is 11.5 Å². The predicted molar refractivity (Wildman–Crippen MR) is 92.3 cm³/mol. The molecule has 1 aromatic rings. The van der Waals surface area contributed by atoms with Gasteiger partial charge in [0.25, 0.3) is 5.91 Å². The smallest absolute Gasteiger partial charge is 0.260 e. The van der Waals surface area contributed by atoms with Crippen LogP contribution < -0.4 is 15.2 Å². The predicted octanol–water partition coefficient (Wildman–Crippen LogP) is 1.82. The van der Waals surface area contributed by atoms with Crippen molar-refractivity contribution in [1.82, 2.24) is 4.90 Å². The molecule has 1 saturated heterocycles. The van der Waals surface area contributed by atoms with Crippen LogP contribution in [0.2, 0.25) is 0 Å². The van der Waals surface area contributed by atoms with E-state index in [0.717, 1.165) is 38.1 Å². The van der Waals surface area contributed by atoms with Crippen molar-refractivity contribution < 1.29 is 19.0 Å². The lowest BCUT2D eigenvalue weighted by atomic mass is 10.1. The standard InChI is InChI=1S/C18H28N2O4/c1-2-22-15-4-6-16(7-5-15)24-14-18(21)20-11-8-17(9-12-20)23-13-3-10-19/h4-7,17H,2-3,8-14,19H2,1H3. The van der Waals surface area contributed by atoms with Gasteiger partial charge in [-0.25, -0.2) is 0 Å². The molecule has 0 aliphatic carbocycles. The summed E-state index contributed by atoms with van der Waals surface area (Å²) < 4.78 is 16.7. The average Bonchev–Trinajstić information content (AvgIpc) is 2.62. The number of nitrogens with zero attached hydrogens (tertiary/aromatic N) is 1. The van der Waals surface area contributed by atoms with E-state index in [9.17, 15) is 4.79 Å². The van der Waals surface area contributed by atoms with Gasteiger partial charge in [-0.05, 0) is 57.0 Å². The number of carbonyl (C=O) groups excluding carboxylic acids is 1. The Morgan fingerprint density at radius 2 is 1.79 bits per heavy atom. The molecule has 0 radical (unpaired) electrons. The van der Waals surface area contributed by atoms with E-state index in [1.54, 1.807) is 0 Å². The Labute approximate surface area is 143 Å². The Hall–Kier alpha value is -1.79. The van der Waals surface area contributed by atoms with Crippen molar-refractivity contribution >= 4 is 5.91 Å². The second-order valence-corrected chi connectivity index (χ2v) is 5.79. The summed E-state index contributed by atoms with van der Waals surface area (Å²) in [5.41, 5.74) is 5.46. The minimum Gasteiger partial charge on any atom is -0.494 e. The van der Waals surface area contributed by atoms with Crippen LogP contribution in [-0.4, -0.2) is 56.4 Å². The summed E-state index contributed by atoms with van der Waals surface area (Å²) >= 11 is 0. The Balaban J connectivity index is 1.68. The van der Waals surface area contributed by atoms with Crippen LogP contribution in [0.1, 0.15) is 26.2 Å². The summed E-state index contributed by atoms with van der Waals surface area (Å²) in [6, 6.07) is 7.31. The molecule has 0 spiro atoms. The van der Waals surface area contributed by atoms with Crippen molar-refractivity contribution in [2.75, 3.05) is 39.5 Å². The minimum absolute atomic E-state index is 0.0179. The molecule has 6 nitrogen and oxygen atoms in total. The highest BCUT2D eigenvalue weighted by Crippen LogP contribution is 2.18. The quantitative estimate of drug-likeness (QED) is 0.696. The number of amides is 1. The van der Waals surface area contributed by atoms with Gasteiger partial charge in [0.2, 0.25) is 0 Å². The Morgan fingerprint density at radius 1 is 1.17 bits per heavy atom. The third-order valence-electron chi connectivity index (χ3n) is 3.99. The first-order valence-corrected chi connectivity index (χ1v) is 8.68. The SMILES string of the molecule is CCOc1ccc(OCC(=O)N2CCC(OCCCN)CC2)cc1. The molecule has 6 heteroatoms. The van der Waals surface area contributed by atoms with E-state index in [1.165, 1.54) is 0 Å². The molecule has 1 aliphatic rings. The van der Waals surface area contributed by atoms with Crippen molar-refractivity contribution in [3.8, 4) is 11.5 Å². The number of rotatable bonds is 9. The largest absolute Gasteiger partial charge is 0.494 e. The first kappa shape index (κ1) is 18.5. The van der Waals surface area contributed by atoms with Crippen LogP contribution in [0.4, 0.5) is 0 Å². The van der Waals surface area contributed by atoms with Gasteiger partial charge in [-0.2, -0.15) is 0 Å². The van der Waals surface area contributed by atoms with Gasteiger partial charge in [0.05, 0.1) is 12.7 Å². The van der Waals surface area contributed by atoms with Gasteiger partial charge in [0.15, 0.2) is 6.61 Å². The number of carbonyl (C=O) groups is 1. The molecule has 0 atom stereocenters. The van der Waals surface area contributed by atoms with Crippen LogP contribution in [0.5, 0.6) is 11.5 Å². The first-order valence-electron chi connectivity index (χ1n) is 8.68. The lowest BCUT2D eigenvalue weighted by Gasteiger charge is -2.31. The fraction of sp³-hybridized carbons (Fsp3) is 0.611. The molecule has 0 saturated carbocycles. The van der Waals surface area contributed by atoms with Crippen molar-refractivity contribution in [3.63, 3.8) is 0 Å². The van der Waals surface area contributed by atoms with Gasteiger partial charge in [-0.1, -0.05) is 0 Å². The number of benzene rings is 1. The van der Waals surface area contributed by atoms with Crippen molar-refractivity contribution in [2.24, 2.45) is 5.73 Å². The van der Waals surface area contributed by atoms with E-state index in [1.807, 2.05) is 36.1 Å². The molecular formula is C18H28N2O4. The fourth-order valence-electron chi connectivity index (χ4n) is 2.64. The van der Waals surface area contributed by atoms with Crippen LogP contribution in [-0.2, 0) is 9.53 Å². The molecule has 2 N–H and O–H groups in total. The lowest BCUT2D eigenvalue weighted by Crippen LogP contribution is -2.43. The van der Waals surface area contributed by atoms with Crippen LogP contribution in [0.25, 0.3) is 0 Å². The topological polar surface area (TPSA) is 74.0 Å². The van der Waals surface area contributed by atoms with Crippen molar-refractivity contribution in [2.45, 2.75) is 32.3 Å². The molecule has 1 amide bonds. The zero-order chi connectivity index (χ0) is 17.2. The van der Waals surface area contributed by atoms with E-state index >= 15 is 0 Å². The molecule has 1 heterocycles. The highest BCUT2D eigenvalue weighted by Gasteiger charge is 2.23. The van der Waals surface area contributed by atoms with Gasteiger partial charge in [-0.15, -0.1) is 0 Å². The van der Waals surface area contributed by atoms with Crippen LogP contribution >= 0.6 is 0 Å². The van der Waals surface area contributed by atoms with Gasteiger partial charge >= 0.3 is 0 Å². The zero-order valence-corrected chi connectivity index (χ0v) is 14.4. The maximum atomic E-state index is 12.2. The number of hydrogen-bond acceptors (Lipinski definition) is 5. The normalized spacial score (nSPS) is 15.3. The molecule has 2 rings (SSSR count). The molecule has 1 aromatic carbocycles. The van der Waals surface area contributed by atoms with E-state index < -0.39 is 0 Å². The monoisotopic (exact) mass is 336 g/mol. The molecule has 0 unspecified atom stereocenters. The van der Waals surface area contributed by atoms with E-state index in [4.69, 9.17) is 19.9 Å². The number of likely N-dealkylation sites (tertiary alicyclic amines) is 1. The zero-order valence-electron chi connectivity index (χ0n) is 14.4. The van der Waals surface area contributed by atoms with Crippen molar-refractivity contribution in [3.05, 3.63) is 24.3 Å². The van der Waals surface area contributed by atoms with Crippen molar-refractivity contribution in [1.29, 1.82) is 0 Å². The minimum atomic E-state index is 0.0179. The van der Waals surface area contributed by atoms with E-state index in [-0.39, 0.29) is 18.6 Å². The molecule has 0 aromatic heterocycles. The molecule has 1 fully saturated rings.